The molecule has 0 aliphatic carbocycles. The minimum absolute atomic E-state index is 0.327. The van der Waals surface area contributed by atoms with Crippen molar-refractivity contribution in [2.45, 2.75) is 43.5 Å². The predicted octanol–water partition coefficient (Wildman–Crippen LogP) is 0.981. The minimum Gasteiger partial charge on any atom is -0.480 e. The largest absolute Gasteiger partial charge is 0.480 e. The third-order valence-electron chi connectivity index (χ3n) is 4.57. The molecule has 0 bridgehead atoms. The molecule has 1 saturated heterocycles. The number of carbonyl (C=O) groups is 4. The van der Waals surface area contributed by atoms with E-state index < -0.39 is 40.4 Å². The number of carbonyl (C=O) groups excluding carboxylic acids is 3. The van der Waals surface area contributed by atoms with Gasteiger partial charge in [-0.25, -0.2) is 4.79 Å². The predicted molar refractivity (Wildman–Crippen MR) is 97.8 cm³/mol. The Morgan fingerprint density at radius 3 is 2.42 bits per heavy atom. The van der Waals surface area contributed by atoms with Gasteiger partial charge in [0, 0.05) is 6.54 Å². The van der Waals surface area contributed by atoms with E-state index >= 15 is 0 Å². The average molecular weight is 378 g/mol. The van der Waals surface area contributed by atoms with Gasteiger partial charge < -0.3 is 15.3 Å². The number of carboxylic acid groups (broad SMARTS) is 1. The molecular weight excluding hydrogens is 356 g/mol. The molecule has 8 heteroatoms. The van der Waals surface area contributed by atoms with Gasteiger partial charge in [-0.15, -0.1) is 0 Å². The van der Waals surface area contributed by atoms with E-state index in [-0.39, 0.29) is 0 Å². The van der Waals surface area contributed by atoms with E-state index in [2.05, 4.69) is 17.9 Å². The second kappa shape index (κ2) is 7.90. The van der Waals surface area contributed by atoms with E-state index in [0.29, 0.717) is 24.9 Å². The molecule has 1 aliphatic rings. The molecule has 0 saturated carbocycles. The number of carboxylic acids is 1. The van der Waals surface area contributed by atoms with E-state index in [9.17, 15) is 24.3 Å². The number of aliphatic carboxylic acids is 1. The Bertz CT molecular complexity index is 724. The summed E-state index contributed by atoms with van der Waals surface area (Å²) in [5.41, 5.74) is 0.401. The smallest absolute Gasteiger partial charge is 0.326 e. The third-order valence-corrected chi connectivity index (χ3v) is 5.34. The molecule has 2 N–H and O–H groups in total. The first-order valence-corrected chi connectivity index (χ1v) is 8.77. The second-order valence-corrected chi connectivity index (χ2v) is 7.03. The molecule has 1 fully saturated rings. The highest BCUT2D eigenvalue weighted by atomic mass is 32.1. The molecule has 140 valence electrons. The average Bonchev–Trinajstić information content (AvgIpc) is 3.10. The van der Waals surface area contributed by atoms with Crippen LogP contribution in [0.25, 0.3) is 0 Å². The standard InChI is InChI=1S/C18H22N2O5S/c1-11(15(22)20-10-6-9-14(20)16(23)24)19-17(25)18(26,12(2)21)13-7-4-3-5-8-13/h3-5,7-8,11,14,26H,6,9-10H2,1-2H3,(H,19,25)(H,23,24). The van der Waals surface area contributed by atoms with Gasteiger partial charge in [0.1, 0.15) is 12.1 Å². The van der Waals surface area contributed by atoms with Gasteiger partial charge in [-0.2, -0.15) is 12.6 Å². The number of ketones is 1. The minimum atomic E-state index is -1.73. The summed E-state index contributed by atoms with van der Waals surface area (Å²) in [5, 5.41) is 11.7. The first-order valence-electron chi connectivity index (χ1n) is 8.32. The van der Waals surface area contributed by atoms with Crippen LogP contribution >= 0.6 is 12.6 Å². The first kappa shape index (κ1) is 20.0. The lowest BCUT2D eigenvalue weighted by atomic mass is 9.93. The van der Waals surface area contributed by atoms with Gasteiger partial charge in [-0.1, -0.05) is 30.3 Å². The van der Waals surface area contributed by atoms with Crippen molar-refractivity contribution in [2.24, 2.45) is 0 Å². The number of benzene rings is 1. The van der Waals surface area contributed by atoms with Crippen LogP contribution in [0.2, 0.25) is 0 Å². The highest BCUT2D eigenvalue weighted by molar-refractivity contribution is 7.83. The maximum Gasteiger partial charge on any atom is 0.326 e. The van der Waals surface area contributed by atoms with Crippen LogP contribution in [0.15, 0.2) is 30.3 Å². The third kappa shape index (κ3) is 3.75. The van der Waals surface area contributed by atoms with E-state index in [1.54, 1.807) is 30.3 Å². The number of Topliss-reactive ketones (excluding diaryl/α,β-unsaturated/α-hetero) is 1. The van der Waals surface area contributed by atoms with E-state index in [4.69, 9.17) is 0 Å². The Balaban J connectivity index is 2.18. The van der Waals surface area contributed by atoms with E-state index in [1.165, 1.54) is 18.7 Å². The van der Waals surface area contributed by atoms with Crippen molar-refractivity contribution >= 4 is 36.2 Å². The molecule has 1 aliphatic heterocycles. The van der Waals surface area contributed by atoms with E-state index in [0.717, 1.165) is 0 Å². The van der Waals surface area contributed by atoms with Gasteiger partial charge in [-0.3, -0.25) is 14.4 Å². The Hall–Kier alpha value is -2.35. The van der Waals surface area contributed by atoms with Crippen molar-refractivity contribution < 1.29 is 24.3 Å². The summed E-state index contributed by atoms with van der Waals surface area (Å²) in [7, 11) is 0. The van der Waals surface area contributed by atoms with Crippen molar-refractivity contribution in [2.75, 3.05) is 6.54 Å². The number of hydrogen-bond acceptors (Lipinski definition) is 5. The topological polar surface area (TPSA) is 104 Å². The van der Waals surface area contributed by atoms with Crippen LogP contribution in [0.5, 0.6) is 0 Å². The van der Waals surface area contributed by atoms with E-state index in [1.807, 2.05) is 0 Å². The number of nitrogens with one attached hydrogen (secondary N) is 1. The van der Waals surface area contributed by atoms with Crippen LogP contribution in [0.1, 0.15) is 32.3 Å². The van der Waals surface area contributed by atoms with Crippen molar-refractivity contribution in [1.82, 2.24) is 10.2 Å². The summed E-state index contributed by atoms with van der Waals surface area (Å²) < 4.78 is -1.73. The van der Waals surface area contributed by atoms with Crippen LogP contribution in [-0.2, 0) is 23.9 Å². The molecule has 1 aromatic rings. The van der Waals surface area contributed by atoms with Crippen molar-refractivity contribution in [3.05, 3.63) is 35.9 Å². The first-order chi connectivity index (χ1) is 12.2. The summed E-state index contributed by atoms with van der Waals surface area (Å²) in [6.45, 7) is 3.05. The molecule has 1 aromatic carbocycles. The summed E-state index contributed by atoms with van der Waals surface area (Å²) in [4.78, 5) is 50.0. The van der Waals surface area contributed by atoms with Crippen LogP contribution in [0.3, 0.4) is 0 Å². The summed E-state index contributed by atoms with van der Waals surface area (Å²) in [6, 6.07) is 6.49. The number of rotatable bonds is 6. The molecule has 26 heavy (non-hydrogen) atoms. The van der Waals surface area contributed by atoms with Crippen molar-refractivity contribution in [3.63, 3.8) is 0 Å². The molecule has 7 nitrogen and oxygen atoms in total. The van der Waals surface area contributed by atoms with Crippen LogP contribution < -0.4 is 5.32 Å². The maximum absolute atomic E-state index is 12.8. The zero-order chi connectivity index (χ0) is 19.5. The van der Waals surface area contributed by atoms with Gasteiger partial charge in [-0.05, 0) is 32.3 Å². The fraction of sp³-hybridized carbons (Fsp3) is 0.444. The lowest BCUT2D eigenvalue weighted by Gasteiger charge is -2.29. The van der Waals surface area contributed by atoms with Gasteiger partial charge in [0.25, 0.3) is 0 Å². The zero-order valence-corrected chi connectivity index (χ0v) is 15.5. The lowest BCUT2D eigenvalue weighted by molar-refractivity contribution is -0.149. The molecule has 0 aromatic heterocycles. The SMILES string of the molecule is CC(=O)C(S)(C(=O)NC(C)C(=O)N1CCCC1C(=O)O)c1ccccc1. The van der Waals surface area contributed by atoms with Gasteiger partial charge in [0.05, 0.1) is 0 Å². The Morgan fingerprint density at radius 2 is 1.88 bits per heavy atom. The molecule has 1 heterocycles. The molecule has 0 spiro atoms. The monoisotopic (exact) mass is 378 g/mol. The Kier molecular flexibility index (Phi) is 6.07. The quantitative estimate of drug-likeness (QED) is 0.506. The van der Waals surface area contributed by atoms with Crippen molar-refractivity contribution in [1.29, 1.82) is 0 Å². The second-order valence-electron chi connectivity index (χ2n) is 6.36. The van der Waals surface area contributed by atoms with Crippen molar-refractivity contribution in [3.8, 4) is 0 Å². The number of amides is 2. The summed E-state index contributed by atoms with van der Waals surface area (Å²) >= 11 is 4.32. The number of hydrogen-bond donors (Lipinski definition) is 3. The summed E-state index contributed by atoms with van der Waals surface area (Å²) in [6.07, 6.45) is 0.979. The van der Waals surface area contributed by atoms with Gasteiger partial charge >= 0.3 is 5.97 Å². The van der Waals surface area contributed by atoms with Gasteiger partial charge in [0.15, 0.2) is 10.5 Å². The summed E-state index contributed by atoms with van der Waals surface area (Å²) in [5.74, 6) is -2.75. The molecule has 3 atom stereocenters. The highest BCUT2D eigenvalue weighted by Gasteiger charge is 2.43. The Morgan fingerprint density at radius 1 is 1.27 bits per heavy atom. The van der Waals surface area contributed by atoms with Crippen LogP contribution in [0.4, 0.5) is 0 Å². The fourth-order valence-electron chi connectivity index (χ4n) is 3.07. The fourth-order valence-corrected chi connectivity index (χ4v) is 3.29. The molecule has 0 radical (unpaired) electrons. The highest BCUT2D eigenvalue weighted by Crippen LogP contribution is 2.30. The molecule has 3 unspecified atom stereocenters. The number of likely N-dealkylation sites (tertiary alicyclic amines) is 1. The molecular formula is C18H22N2O5S. The maximum atomic E-state index is 12.8. The molecule has 2 amide bonds. The normalized spacial score (nSPS) is 20.1. The van der Waals surface area contributed by atoms with Crippen LogP contribution in [0, 0.1) is 0 Å². The lowest BCUT2D eigenvalue weighted by Crippen LogP contribution is -2.54. The Labute approximate surface area is 157 Å². The number of nitrogens with zero attached hydrogens (tertiary/aromatic N) is 1. The zero-order valence-electron chi connectivity index (χ0n) is 14.6. The molecule has 2 rings (SSSR count). The number of thiol groups is 1. The van der Waals surface area contributed by atoms with Gasteiger partial charge in [0.2, 0.25) is 11.8 Å². The van der Waals surface area contributed by atoms with Crippen LogP contribution in [-0.4, -0.2) is 52.2 Å².